The molecule has 0 aliphatic rings. The summed E-state index contributed by atoms with van der Waals surface area (Å²) in [7, 11) is 0. The highest BCUT2D eigenvalue weighted by atomic mass is 14.3. The summed E-state index contributed by atoms with van der Waals surface area (Å²) in [6.07, 6.45) is 0. The minimum Gasteiger partial charge on any atom is -0.0622 e. The first-order chi connectivity index (χ1) is 11.7. The molecule has 0 spiro atoms. The summed E-state index contributed by atoms with van der Waals surface area (Å²) in [5.41, 5.74) is 5.56. The molecule has 0 heterocycles. The Labute approximate surface area is 146 Å². The number of rotatable bonds is 5. The van der Waals surface area contributed by atoms with Gasteiger partial charge in [0.25, 0.3) is 0 Å². The average molecular weight is 314 g/mol. The standard InChI is InChI=1S/C24H26/c1-18-14-16-23(17-15-18)24(19(2)21-10-6-4-7-11-21)20(3)22-12-8-5-9-13-22/h4-17,19-20,24H,1-3H3. The Hall–Kier alpha value is -2.34. The Bertz CT molecular complexity index is 696. The fourth-order valence-corrected chi connectivity index (χ4v) is 3.73. The van der Waals surface area contributed by atoms with Crippen LogP contribution in [0.25, 0.3) is 0 Å². The zero-order valence-electron chi connectivity index (χ0n) is 14.8. The van der Waals surface area contributed by atoms with E-state index in [2.05, 4.69) is 106 Å². The molecule has 3 aromatic rings. The maximum atomic E-state index is 2.36. The van der Waals surface area contributed by atoms with Gasteiger partial charge in [-0.1, -0.05) is 104 Å². The first-order valence-corrected chi connectivity index (χ1v) is 8.83. The summed E-state index contributed by atoms with van der Waals surface area (Å²) < 4.78 is 0. The molecule has 0 saturated heterocycles. The number of aryl methyl sites for hydroxylation is 1. The second-order valence-corrected chi connectivity index (χ2v) is 6.84. The molecule has 2 unspecified atom stereocenters. The number of hydrogen-bond acceptors (Lipinski definition) is 0. The molecule has 2 atom stereocenters. The van der Waals surface area contributed by atoms with Gasteiger partial charge < -0.3 is 0 Å². The molecule has 0 N–H and O–H groups in total. The molecule has 0 aliphatic carbocycles. The SMILES string of the molecule is Cc1ccc(C(C(C)c2ccccc2)C(C)c2ccccc2)cc1. The van der Waals surface area contributed by atoms with Gasteiger partial charge in [0.05, 0.1) is 0 Å². The van der Waals surface area contributed by atoms with Gasteiger partial charge >= 0.3 is 0 Å². The summed E-state index contributed by atoms with van der Waals surface area (Å²) in [5, 5.41) is 0. The van der Waals surface area contributed by atoms with Gasteiger partial charge in [0.15, 0.2) is 0 Å². The molecule has 0 fully saturated rings. The molecule has 0 radical (unpaired) electrons. The molecule has 0 bridgehead atoms. The molecule has 24 heavy (non-hydrogen) atoms. The van der Waals surface area contributed by atoms with Crippen molar-refractivity contribution in [2.75, 3.05) is 0 Å². The molecule has 3 rings (SSSR count). The van der Waals surface area contributed by atoms with Crippen LogP contribution in [0, 0.1) is 6.92 Å². The van der Waals surface area contributed by atoms with Crippen LogP contribution in [0.1, 0.15) is 53.9 Å². The lowest BCUT2D eigenvalue weighted by Gasteiger charge is -2.31. The minimum absolute atomic E-state index is 0.454. The van der Waals surface area contributed by atoms with E-state index in [1.165, 1.54) is 22.3 Å². The maximum absolute atomic E-state index is 2.36. The van der Waals surface area contributed by atoms with Crippen LogP contribution < -0.4 is 0 Å². The van der Waals surface area contributed by atoms with Crippen molar-refractivity contribution in [1.82, 2.24) is 0 Å². The second kappa shape index (κ2) is 7.49. The van der Waals surface area contributed by atoms with Gasteiger partial charge in [-0.3, -0.25) is 0 Å². The van der Waals surface area contributed by atoms with E-state index >= 15 is 0 Å². The van der Waals surface area contributed by atoms with Crippen LogP contribution in [0.15, 0.2) is 84.9 Å². The molecular formula is C24H26. The van der Waals surface area contributed by atoms with Crippen LogP contribution in [0.2, 0.25) is 0 Å². The molecule has 0 aromatic heterocycles. The predicted octanol–water partition coefficient (Wildman–Crippen LogP) is 6.69. The van der Waals surface area contributed by atoms with Crippen molar-refractivity contribution < 1.29 is 0 Å². The maximum Gasteiger partial charge on any atom is -0.00296 e. The fraction of sp³-hybridized carbons (Fsp3) is 0.250. The van der Waals surface area contributed by atoms with Crippen LogP contribution in [-0.2, 0) is 0 Å². The molecule has 0 amide bonds. The summed E-state index contributed by atoms with van der Waals surface area (Å²) in [5.74, 6) is 1.38. The Morgan fingerprint density at radius 1 is 0.500 bits per heavy atom. The van der Waals surface area contributed by atoms with Crippen LogP contribution in [0.4, 0.5) is 0 Å². The Kier molecular flexibility index (Phi) is 5.15. The van der Waals surface area contributed by atoms with E-state index in [0.717, 1.165) is 0 Å². The highest BCUT2D eigenvalue weighted by molar-refractivity contribution is 5.34. The van der Waals surface area contributed by atoms with Gasteiger partial charge in [-0.15, -0.1) is 0 Å². The number of benzene rings is 3. The van der Waals surface area contributed by atoms with Gasteiger partial charge in [-0.2, -0.15) is 0 Å². The van der Waals surface area contributed by atoms with Crippen LogP contribution in [-0.4, -0.2) is 0 Å². The Morgan fingerprint density at radius 2 is 0.917 bits per heavy atom. The first kappa shape index (κ1) is 16.5. The van der Waals surface area contributed by atoms with Gasteiger partial charge in [0.2, 0.25) is 0 Å². The summed E-state index contributed by atoms with van der Waals surface area (Å²) in [6.45, 7) is 6.87. The van der Waals surface area contributed by atoms with E-state index in [1.807, 2.05) is 0 Å². The zero-order valence-corrected chi connectivity index (χ0v) is 14.8. The normalized spacial score (nSPS) is 14.8. The third kappa shape index (κ3) is 3.59. The van der Waals surface area contributed by atoms with Gasteiger partial charge in [0.1, 0.15) is 0 Å². The van der Waals surface area contributed by atoms with E-state index in [0.29, 0.717) is 17.8 Å². The van der Waals surface area contributed by atoms with E-state index in [4.69, 9.17) is 0 Å². The summed E-state index contributed by atoms with van der Waals surface area (Å²) >= 11 is 0. The second-order valence-electron chi connectivity index (χ2n) is 6.84. The van der Waals surface area contributed by atoms with Crippen molar-refractivity contribution in [1.29, 1.82) is 0 Å². The monoisotopic (exact) mass is 314 g/mol. The third-order valence-corrected chi connectivity index (χ3v) is 5.19. The zero-order chi connectivity index (χ0) is 16.9. The van der Waals surface area contributed by atoms with E-state index in [-0.39, 0.29) is 0 Å². The molecule has 0 saturated carbocycles. The lowest BCUT2D eigenvalue weighted by molar-refractivity contribution is 0.497. The van der Waals surface area contributed by atoms with Crippen molar-refractivity contribution in [3.8, 4) is 0 Å². The van der Waals surface area contributed by atoms with Crippen LogP contribution >= 0.6 is 0 Å². The number of hydrogen-bond donors (Lipinski definition) is 0. The molecule has 0 heteroatoms. The van der Waals surface area contributed by atoms with Gasteiger partial charge in [0, 0.05) is 0 Å². The fourth-order valence-electron chi connectivity index (χ4n) is 3.73. The lowest BCUT2D eigenvalue weighted by atomic mass is 9.73. The first-order valence-electron chi connectivity index (χ1n) is 8.83. The summed E-state index contributed by atoms with van der Waals surface area (Å²) in [6, 6.07) is 30.9. The summed E-state index contributed by atoms with van der Waals surface area (Å²) in [4.78, 5) is 0. The third-order valence-electron chi connectivity index (χ3n) is 5.19. The van der Waals surface area contributed by atoms with Gasteiger partial charge in [-0.25, -0.2) is 0 Å². The largest absolute Gasteiger partial charge is 0.0622 e. The van der Waals surface area contributed by atoms with E-state index < -0.39 is 0 Å². The van der Waals surface area contributed by atoms with Crippen molar-refractivity contribution in [2.45, 2.75) is 38.5 Å². The average Bonchev–Trinajstić information content (AvgIpc) is 2.64. The van der Waals surface area contributed by atoms with Crippen LogP contribution in [0.3, 0.4) is 0 Å². The van der Waals surface area contributed by atoms with Crippen molar-refractivity contribution in [3.63, 3.8) is 0 Å². The van der Waals surface area contributed by atoms with E-state index in [1.54, 1.807) is 0 Å². The Morgan fingerprint density at radius 3 is 1.33 bits per heavy atom. The molecular weight excluding hydrogens is 288 g/mol. The van der Waals surface area contributed by atoms with Crippen molar-refractivity contribution in [3.05, 3.63) is 107 Å². The van der Waals surface area contributed by atoms with E-state index in [9.17, 15) is 0 Å². The lowest BCUT2D eigenvalue weighted by Crippen LogP contribution is -2.15. The molecule has 0 aliphatic heterocycles. The smallest absolute Gasteiger partial charge is 0.00296 e. The van der Waals surface area contributed by atoms with Crippen LogP contribution in [0.5, 0.6) is 0 Å². The predicted molar refractivity (Wildman–Crippen MR) is 104 cm³/mol. The quantitative estimate of drug-likeness (QED) is 0.492. The molecule has 3 aromatic carbocycles. The minimum atomic E-state index is 0.454. The molecule has 122 valence electrons. The topological polar surface area (TPSA) is 0 Å². The van der Waals surface area contributed by atoms with Crippen molar-refractivity contribution >= 4 is 0 Å². The molecule has 0 nitrogen and oxygen atoms in total. The van der Waals surface area contributed by atoms with Gasteiger partial charge in [-0.05, 0) is 41.4 Å². The Balaban J connectivity index is 2.02. The highest BCUT2D eigenvalue weighted by Gasteiger charge is 2.27. The highest BCUT2D eigenvalue weighted by Crippen LogP contribution is 2.43. The van der Waals surface area contributed by atoms with Crippen molar-refractivity contribution in [2.24, 2.45) is 0 Å².